The number of rotatable bonds is 3. The minimum absolute atomic E-state index is 0.350. The zero-order chi connectivity index (χ0) is 13.9. The maximum atomic E-state index is 10.4. The predicted octanol–water partition coefficient (Wildman–Crippen LogP) is 3.19. The average molecular weight is 335 g/mol. The van der Waals surface area contributed by atoms with Gasteiger partial charge in [0.25, 0.3) is 0 Å². The summed E-state index contributed by atoms with van der Waals surface area (Å²) in [4.78, 5) is 0. The van der Waals surface area contributed by atoms with E-state index in [4.69, 9.17) is 9.47 Å². The Morgan fingerprint density at radius 1 is 1.10 bits per heavy atom. The van der Waals surface area contributed by atoms with Crippen LogP contribution in [0.15, 0.2) is 53.0 Å². The molecule has 4 heteroatoms. The summed E-state index contributed by atoms with van der Waals surface area (Å²) in [6.07, 6.45) is -0.434. The van der Waals surface area contributed by atoms with Crippen LogP contribution in [0, 0.1) is 0 Å². The molecule has 20 heavy (non-hydrogen) atoms. The van der Waals surface area contributed by atoms with Gasteiger partial charge in [-0.25, -0.2) is 0 Å². The van der Waals surface area contributed by atoms with Crippen molar-refractivity contribution in [3.05, 3.63) is 58.6 Å². The van der Waals surface area contributed by atoms with Crippen molar-refractivity contribution in [3.63, 3.8) is 0 Å². The second-order valence-corrected chi connectivity index (χ2v) is 5.63. The lowest BCUT2D eigenvalue weighted by Crippen LogP contribution is -2.40. The molecule has 0 fully saturated rings. The highest BCUT2D eigenvalue weighted by molar-refractivity contribution is 9.10. The monoisotopic (exact) mass is 334 g/mol. The van der Waals surface area contributed by atoms with Gasteiger partial charge in [-0.2, -0.15) is 0 Å². The van der Waals surface area contributed by atoms with E-state index in [1.165, 1.54) is 0 Å². The molecule has 2 unspecified atom stereocenters. The van der Waals surface area contributed by atoms with Crippen molar-refractivity contribution in [1.82, 2.24) is 0 Å². The number of halogens is 1. The fourth-order valence-corrected chi connectivity index (χ4v) is 2.69. The van der Waals surface area contributed by atoms with E-state index in [1.54, 1.807) is 0 Å². The summed E-state index contributed by atoms with van der Waals surface area (Å²) in [6.45, 7) is 0.364. The van der Waals surface area contributed by atoms with Crippen molar-refractivity contribution in [2.24, 2.45) is 0 Å². The smallest absolute Gasteiger partial charge is 0.161 e. The minimum Gasteiger partial charge on any atom is -0.486 e. The average Bonchev–Trinajstić information content (AvgIpc) is 2.49. The molecule has 3 rings (SSSR count). The second-order valence-electron chi connectivity index (χ2n) is 4.78. The highest BCUT2D eigenvalue weighted by atomic mass is 79.9. The lowest BCUT2D eigenvalue weighted by molar-refractivity contribution is -0.00947. The van der Waals surface area contributed by atoms with Gasteiger partial charge in [0.15, 0.2) is 17.6 Å². The third-order valence-electron chi connectivity index (χ3n) is 3.35. The summed E-state index contributed by atoms with van der Waals surface area (Å²) < 4.78 is 12.4. The van der Waals surface area contributed by atoms with Crippen LogP contribution in [0.3, 0.4) is 0 Å². The van der Waals surface area contributed by atoms with Crippen LogP contribution in [-0.2, 0) is 6.42 Å². The lowest BCUT2D eigenvalue weighted by Gasteiger charge is -2.29. The van der Waals surface area contributed by atoms with E-state index < -0.39 is 6.10 Å². The van der Waals surface area contributed by atoms with E-state index in [1.807, 2.05) is 48.5 Å². The molecular formula is C16H15BrO3. The molecule has 0 saturated heterocycles. The molecule has 0 radical (unpaired) electrons. The number of aliphatic hydroxyl groups excluding tert-OH is 1. The summed E-state index contributed by atoms with van der Waals surface area (Å²) in [5, 5.41) is 10.4. The second kappa shape index (κ2) is 5.85. The molecule has 104 valence electrons. The van der Waals surface area contributed by atoms with E-state index in [0.29, 0.717) is 18.8 Å². The van der Waals surface area contributed by atoms with Crippen LogP contribution in [-0.4, -0.2) is 23.9 Å². The normalized spacial score (nSPS) is 18.6. The molecule has 1 aliphatic rings. The number of aliphatic hydroxyl groups is 1. The van der Waals surface area contributed by atoms with Crippen LogP contribution >= 0.6 is 15.9 Å². The minimum atomic E-state index is -0.609. The molecule has 0 spiro atoms. The van der Waals surface area contributed by atoms with Gasteiger partial charge in [-0.15, -0.1) is 0 Å². The Balaban J connectivity index is 1.70. The summed E-state index contributed by atoms with van der Waals surface area (Å²) in [5.41, 5.74) is 1.06. The van der Waals surface area contributed by atoms with Gasteiger partial charge < -0.3 is 14.6 Å². The maximum absolute atomic E-state index is 10.4. The van der Waals surface area contributed by atoms with Crippen molar-refractivity contribution in [1.29, 1.82) is 0 Å². The molecule has 2 atom stereocenters. The number of para-hydroxylation sites is 2. The molecule has 1 aliphatic heterocycles. The van der Waals surface area contributed by atoms with Crippen LogP contribution in [0.2, 0.25) is 0 Å². The zero-order valence-electron chi connectivity index (χ0n) is 10.8. The van der Waals surface area contributed by atoms with Gasteiger partial charge in [0, 0.05) is 10.9 Å². The molecule has 2 aromatic carbocycles. The van der Waals surface area contributed by atoms with Gasteiger partial charge in [0.2, 0.25) is 0 Å². The number of benzene rings is 2. The Hall–Kier alpha value is -1.52. The molecule has 1 heterocycles. The third-order valence-corrected chi connectivity index (χ3v) is 4.12. The molecule has 3 nitrogen and oxygen atoms in total. The molecule has 0 bridgehead atoms. The van der Waals surface area contributed by atoms with Crippen molar-refractivity contribution in [3.8, 4) is 11.5 Å². The van der Waals surface area contributed by atoms with Gasteiger partial charge in [-0.3, -0.25) is 0 Å². The Labute approximate surface area is 126 Å². The molecule has 0 aliphatic carbocycles. The number of hydrogen-bond donors (Lipinski definition) is 1. The summed E-state index contributed by atoms with van der Waals surface area (Å²) >= 11 is 3.49. The van der Waals surface area contributed by atoms with E-state index in [2.05, 4.69) is 15.9 Å². The predicted molar refractivity (Wildman–Crippen MR) is 80.2 cm³/mol. The Kier molecular flexibility index (Phi) is 3.94. The van der Waals surface area contributed by atoms with Gasteiger partial charge in [0.05, 0.1) is 6.10 Å². The highest BCUT2D eigenvalue weighted by Crippen LogP contribution is 2.32. The first-order valence-corrected chi connectivity index (χ1v) is 7.33. The molecule has 0 aromatic heterocycles. The highest BCUT2D eigenvalue weighted by Gasteiger charge is 2.27. The molecule has 0 amide bonds. The fraction of sp³-hybridized carbons (Fsp3) is 0.250. The first kappa shape index (κ1) is 13.5. The SMILES string of the molecule is OC(Cc1ccccc1Br)C1COc2ccccc2O1. The largest absolute Gasteiger partial charge is 0.486 e. The van der Waals surface area contributed by atoms with Crippen LogP contribution in [0.4, 0.5) is 0 Å². The molecule has 1 N–H and O–H groups in total. The number of hydrogen-bond acceptors (Lipinski definition) is 3. The van der Waals surface area contributed by atoms with Gasteiger partial charge in [-0.1, -0.05) is 46.3 Å². The van der Waals surface area contributed by atoms with Crippen molar-refractivity contribution in [2.75, 3.05) is 6.61 Å². The number of ether oxygens (including phenoxy) is 2. The topological polar surface area (TPSA) is 38.7 Å². The first-order valence-electron chi connectivity index (χ1n) is 6.54. The first-order chi connectivity index (χ1) is 9.74. The fourth-order valence-electron chi connectivity index (χ4n) is 2.25. The zero-order valence-corrected chi connectivity index (χ0v) is 12.4. The quantitative estimate of drug-likeness (QED) is 0.936. The Morgan fingerprint density at radius 2 is 1.80 bits per heavy atom. The van der Waals surface area contributed by atoms with Crippen LogP contribution in [0.1, 0.15) is 5.56 Å². The molecular weight excluding hydrogens is 320 g/mol. The summed E-state index contributed by atoms with van der Waals surface area (Å²) in [6, 6.07) is 15.4. The van der Waals surface area contributed by atoms with Crippen LogP contribution in [0.5, 0.6) is 11.5 Å². The Morgan fingerprint density at radius 3 is 2.60 bits per heavy atom. The van der Waals surface area contributed by atoms with Crippen molar-refractivity contribution >= 4 is 15.9 Å². The van der Waals surface area contributed by atoms with E-state index >= 15 is 0 Å². The van der Waals surface area contributed by atoms with Gasteiger partial charge >= 0.3 is 0 Å². The third kappa shape index (κ3) is 2.81. The summed E-state index contributed by atoms with van der Waals surface area (Å²) in [7, 11) is 0. The summed E-state index contributed by atoms with van der Waals surface area (Å²) in [5.74, 6) is 1.42. The van der Waals surface area contributed by atoms with Crippen molar-refractivity contribution < 1.29 is 14.6 Å². The lowest BCUT2D eigenvalue weighted by atomic mass is 10.0. The number of fused-ring (bicyclic) bond motifs is 1. The van der Waals surface area contributed by atoms with Gasteiger partial charge in [0.1, 0.15) is 6.61 Å². The Bertz CT molecular complexity index is 600. The van der Waals surface area contributed by atoms with Crippen LogP contribution in [0.25, 0.3) is 0 Å². The van der Waals surface area contributed by atoms with Gasteiger partial charge in [-0.05, 0) is 23.8 Å². The molecule has 0 saturated carbocycles. The van der Waals surface area contributed by atoms with E-state index in [9.17, 15) is 5.11 Å². The standard InChI is InChI=1S/C16H15BrO3/c17-12-6-2-1-5-11(12)9-13(18)16-10-19-14-7-3-4-8-15(14)20-16/h1-8,13,16,18H,9-10H2. The maximum Gasteiger partial charge on any atom is 0.161 e. The van der Waals surface area contributed by atoms with Crippen LogP contribution < -0.4 is 9.47 Å². The van der Waals surface area contributed by atoms with Crippen molar-refractivity contribution in [2.45, 2.75) is 18.6 Å². The van der Waals surface area contributed by atoms with E-state index in [-0.39, 0.29) is 6.10 Å². The van der Waals surface area contributed by atoms with E-state index in [0.717, 1.165) is 15.8 Å². The molecule has 2 aromatic rings.